The van der Waals surface area contributed by atoms with Crippen molar-refractivity contribution < 1.29 is 8.42 Å². The first-order chi connectivity index (χ1) is 16.0. The molecule has 0 bridgehead atoms. The second-order valence-corrected chi connectivity index (χ2v) is 10.2. The quantitative estimate of drug-likeness (QED) is 0.312. The number of rotatable bonds is 6. The number of aromatic nitrogens is 6. The van der Waals surface area contributed by atoms with E-state index in [1.807, 2.05) is 24.3 Å². The van der Waals surface area contributed by atoms with Crippen LogP contribution in [0, 0.1) is 0 Å². The standard InChI is InChI=1S/C21H16N8O2S2/c22-14-4-6-16(7-5-14)33(30,31)19-9-8-18(32-19)17-10-11-23-21(25-17)24-15-3-1-2-13(12-15)20-26-28-29-27-20/h1-12H,22H2,(H,23,24,25)(H,26,27,28,29). The molecule has 3 aromatic heterocycles. The zero-order valence-corrected chi connectivity index (χ0v) is 18.5. The van der Waals surface area contributed by atoms with Crippen LogP contribution < -0.4 is 11.1 Å². The highest BCUT2D eigenvalue weighted by Gasteiger charge is 2.20. The van der Waals surface area contributed by atoms with Gasteiger partial charge < -0.3 is 11.1 Å². The van der Waals surface area contributed by atoms with Gasteiger partial charge in [0, 0.05) is 23.1 Å². The number of nitrogen functional groups attached to an aromatic ring is 1. The molecule has 0 aliphatic carbocycles. The molecule has 12 heteroatoms. The summed E-state index contributed by atoms with van der Waals surface area (Å²) in [4.78, 5) is 9.70. The molecule has 0 spiro atoms. The normalized spacial score (nSPS) is 11.4. The number of hydrogen-bond acceptors (Lipinski definition) is 10. The van der Waals surface area contributed by atoms with Gasteiger partial charge in [-0.15, -0.1) is 21.5 Å². The Balaban J connectivity index is 1.40. The maximum absolute atomic E-state index is 12.9. The minimum atomic E-state index is -3.64. The van der Waals surface area contributed by atoms with Crippen molar-refractivity contribution in [2.45, 2.75) is 9.10 Å². The molecule has 33 heavy (non-hydrogen) atoms. The van der Waals surface area contributed by atoms with Crippen molar-refractivity contribution in [3.8, 4) is 22.0 Å². The van der Waals surface area contributed by atoms with Gasteiger partial charge in [0.25, 0.3) is 0 Å². The number of H-pyrrole nitrogens is 1. The van der Waals surface area contributed by atoms with Crippen LogP contribution >= 0.6 is 11.3 Å². The van der Waals surface area contributed by atoms with Gasteiger partial charge in [0.1, 0.15) is 4.21 Å². The van der Waals surface area contributed by atoms with Gasteiger partial charge in [-0.1, -0.05) is 12.1 Å². The Morgan fingerprint density at radius 1 is 1.00 bits per heavy atom. The highest BCUT2D eigenvalue weighted by Crippen LogP contribution is 2.33. The molecule has 0 amide bonds. The minimum Gasteiger partial charge on any atom is -0.399 e. The maximum Gasteiger partial charge on any atom is 0.227 e. The van der Waals surface area contributed by atoms with Crippen LogP contribution in [0.15, 0.2) is 82.0 Å². The Bertz CT molecular complexity index is 1510. The van der Waals surface area contributed by atoms with Crippen LogP contribution in [-0.2, 0) is 9.84 Å². The third kappa shape index (κ3) is 4.29. The van der Waals surface area contributed by atoms with Crippen LogP contribution in [-0.4, -0.2) is 39.0 Å². The van der Waals surface area contributed by atoms with Gasteiger partial charge in [0.05, 0.1) is 15.5 Å². The second kappa shape index (κ2) is 8.41. The van der Waals surface area contributed by atoms with Gasteiger partial charge in [-0.3, -0.25) is 0 Å². The SMILES string of the molecule is Nc1ccc(S(=O)(=O)c2ccc(-c3ccnc(Nc4cccc(-c5nn[nH]n5)c4)n3)s2)cc1. The molecule has 10 nitrogen and oxygen atoms in total. The molecule has 0 saturated carbocycles. The highest BCUT2D eigenvalue weighted by molar-refractivity contribution is 7.93. The summed E-state index contributed by atoms with van der Waals surface area (Å²) in [6.07, 6.45) is 1.61. The number of thiophene rings is 1. The van der Waals surface area contributed by atoms with Crippen LogP contribution in [0.5, 0.6) is 0 Å². The van der Waals surface area contributed by atoms with Crippen LogP contribution in [0.1, 0.15) is 0 Å². The van der Waals surface area contributed by atoms with E-state index in [4.69, 9.17) is 5.73 Å². The third-order valence-corrected chi connectivity index (χ3v) is 8.04. The van der Waals surface area contributed by atoms with Gasteiger partial charge in [-0.2, -0.15) is 5.21 Å². The van der Waals surface area contributed by atoms with Crippen molar-refractivity contribution in [3.63, 3.8) is 0 Å². The van der Waals surface area contributed by atoms with Gasteiger partial charge in [0.15, 0.2) is 0 Å². The van der Waals surface area contributed by atoms with Crippen molar-refractivity contribution in [1.82, 2.24) is 30.6 Å². The first kappa shape index (κ1) is 20.7. The first-order valence-corrected chi connectivity index (χ1v) is 11.9. The van der Waals surface area contributed by atoms with E-state index in [1.54, 1.807) is 36.5 Å². The molecule has 4 N–H and O–H groups in total. The number of hydrogen-bond donors (Lipinski definition) is 3. The fourth-order valence-electron chi connectivity index (χ4n) is 3.07. The molecule has 0 aliphatic rings. The van der Waals surface area contributed by atoms with E-state index in [-0.39, 0.29) is 9.10 Å². The Labute approximate surface area is 192 Å². The molecule has 164 valence electrons. The van der Waals surface area contributed by atoms with Crippen molar-refractivity contribution in [1.29, 1.82) is 0 Å². The smallest absolute Gasteiger partial charge is 0.227 e. The Kier molecular flexibility index (Phi) is 5.28. The molecular formula is C21H16N8O2S2. The zero-order valence-electron chi connectivity index (χ0n) is 16.9. The summed E-state index contributed by atoms with van der Waals surface area (Å²) < 4.78 is 26.1. The number of benzene rings is 2. The van der Waals surface area contributed by atoms with Crippen molar-refractivity contribution >= 4 is 38.5 Å². The average molecular weight is 477 g/mol. The lowest BCUT2D eigenvalue weighted by molar-refractivity contribution is 0.598. The summed E-state index contributed by atoms with van der Waals surface area (Å²) in [7, 11) is -3.64. The molecule has 0 saturated heterocycles. The molecule has 0 radical (unpaired) electrons. The molecule has 0 atom stereocenters. The fourth-order valence-corrected chi connectivity index (χ4v) is 5.75. The van der Waals surface area contributed by atoms with Gasteiger partial charge in [-0.25, -0.2) is 18.4 Å². The number of nitrogens with one attached hydrogen (secondary N) is 2. The first-order valence-electron chi connectivity index (χ1n) is 9.64. The number of tetrazole rings is 1. The molecule has 2 aromatic carbocycles. The summed E-state index contributed by atoms with van der Waals surface area (Å²) in [6, 6.07) is 18.6. The molecular weight excluding hydrogens is 460 g/mol. The highest BCUT2D eigenvalue weighted by atomic mass is 32.2. The van der Waals surface area contributed by atoms with Crippen molar-refractivity contribution in [2.24, 2.45) is 0 Å². The van der Waals surface area contributed by atoms with Gasteiger partial charge in [-0.05, 0) is 59.8 Å². The molecule has 5 aromatic rings. The summed E-state index contributed by atoms with van der Waals surface area (Å²) in [5, 5.41) is 17.1. The molecule has 0 fully saturated rings. The lowest BCUT2D eigenvalue weighted by atomic mass is 10.2. The van der Waals surface area contributed by atoms with E-state index >= 15 is 0 Å². The predicted molar refractivity (Wildman–Crippen MR) is 125 cm³/mol. The number of nitrogens with two attached hydrogens (primary N) is 1. The van der Waals surface area contributed by atoms with E-state index < -0.39 is 9.84 Å². The fraction of sp³-hybridized carbons (Fsp3) is 0. The molecule has 3 heterocycles. The number of sulfone groups is 1. The minimum absolute atomic E-state index is 0.191. The predicted octanol–water partition coefficient (Wildman–Crippen LogP) is 3.54. The lowest BCUT2D eigenvalue weighted by Crippen LogP contribution is -1.99. The summed E-state index contributed by atoms with van der Waals surface area (Å²) in [6.45, 7) is 0. The Morgan fingerprint density at radius 3 is 2.64 bits per heavy atom. The van der Waals surface area contributed by atoms with Crippen LogP contribution in [0.3, 0.4) is 0 Å². The zero-order chi connectivity index (χ0) is 22.8. The Hall–Kier alpha value is -4.16. The maximum atomic E-state index is 12.9. The molecule has 0 unspecified atom stereocenters. The van der Waals surface area contributed by atoms with Crippen LogP contribution in [0.25, 0.3) is 22.0 Å². The van der Waals surface area contributed by atoms with E-state index in [0.29, 0.717) is 28.0 Å². The summed E-state index contributed by atoms with van der Waals surface area (Å²) in [5.41, 5.74) is 8.30. The van der Waals surface area contributed by atoms with E-state index in [1.165, 1.54) is 12.1 Å². The summed E-state index contributed by atoms with van der Waals surface area (Å²) in [5.74, 6) is 0.843. The Morgan fingerprint density at radius 2 is 1.85 bits per heavy atom. The van der Waals surface area contributed by atoms with Crippen molar-refractivity contribution in [3.05, 3.63) is 72.9 Å². The monoisotopic (exact) mass is 476 g/mol. The van der Waals surface area contributed by atoms with Crippen molar-refractivity contribution in [2.75, 3.05) is 11.1 Å². The number of nitrogens with zero attached hydrogens (tertiary/aromatic N) is 5. The number of aromatic amines is 1. The van der Waals surface area contributed by atoms with Gasteiger partial charge >= 0.3 is 0 Å². The van der Waals surface area contributed by atoms with E-state index in [0.717, 1.165) is 22.6 Å². The average Bonchev–Trinajstić information content (AvgIpc) is 3.53. The third-order valence-electron chi connectivity index (χ3n) is 4.67. The largest absolute Gasteiger partial charge is 0.399 e. The topological polar surface area (TPSA) is 152 Å². The van der Waals surface area contributed by atoms with Crippen LogP contribution in [0.2, 0.25) is 0 Å². The molecule has 5 rings (SSSR count). The van der Waals surface area contributed by atoms with E-state index in [9.17, 15) is 8.42 Å². The second-order valence-electron chi connectivity index (χ2n) is 6.90. The molecule has 0 aliphatic heterocycles. The number of anilines is 3. The van der Waals surface area contributed by atoms with E-state index in [2.05, 4.69) is 35.9 Å². The summed E-state index contributed by atoms with van der Waals surface area (Å²) >= 11 is 1.14. The van der Waals surface area contributed by atoms with Crippen LogP contribution in [0.4, 0.5) is 17.3 Å². The lowest BCUT2D eigenvalue weighted by Gasteiger charge is -2.07. The van der Waals surface area contributed by atoms with Gasteiger partial charge in [0.2, 0.25) is 21.6 Å².